The molecule has 4 aliphatic heterocycles. The zero-order valence-electron chi connectivity index (χ0n) is 18.5. The lowest BCUT2D eigenvalue weighted by Gasteiger charge is -2.37. The number of aliphatic hydroxyl groups is 1. The molecule has 0 radical (unpaired) electrons. The van der Waals surface area contributed by atoms with Crippen LogP contribution in [0.5, 0.6) is 0 Å². The average Bonchev–Trinajstić information content (AvgIpc) is 3.20. The fourth-order valence-corrected chi connectivity index (χ4v) is 5.60. The van der Waals surface area contributed by atoms with Gasteiger partial charge in [-0.15, -0.1) is 0 Å². The first-order valence-corrected chi connectivity index (χ1v) is 11.4. The molecule has 0 saturated carbocycles. The fourth-order valence-electron chi connectivity index (χ4n) is 5.60. The number of amides is 2. The molecule has 174 valence electrons. The number of cyclic esters (lactones) is 1. The maximum atomic E-state index is 14.0. The second-order valence-electron chi connectivity index (χ2n) is 9.11. The third kappa shape index (κ3) is 3.40. The molecule has 4 heterocycles. The maximum Gasteiger partial charge on any atom is 0.312 e. The highest BCUT2D eigenvalue weighted by molar-refractivity contribution is 5.99. The third-order valence-corrected chi connectivity index (χ3v) is 7.10. The Morgan fingerprint density at radius 2 is 1.94 bits per heavy atom. The van der Waals surface area contributed by atoms with E-state index in [0.717, 1.165) is 5.56 Å². The van der Waals surface area contributed by atoms with Crippen LogP contribution in [0, 0.1) is 11.8 Å². The smallest absolute Gasteiger partial charge is 0.312 e. The second-order valence-corrected chi connectivity index (χ2v) is 9.11. The van der Waals surface area contributed by atoms with E-state index in [2.05, 4.69) is 0 Å². The van der Waals surface area contributed by atoms with Crippen molar-refractivity contribution in [1.82, 2.24) is 9.80 Å². The summed E-state index contributed by atoms with van der Waals surface area (Å²) in [5.74, 6) is -2.84. The Morgan fingerprint density at radius 3 is 2.70 bits per heavy atom. The molecule has 2 amide bonds. The molecule has 33 heavy (non-hydrogen) atoms. The lowest BCUT2D eigenvalue weighted by atomic mass is 9.77. The highest BCUT2D eigenvalue weighted by atomic mass is 16.6. The molecule has 0 bridgehead atoms. The van der Waals surface area contributed by atoms with E-state index in [-0.39, 0.29) is 25.0 Å². The topological polar surface area (TPSA) is 96.4 Å². The van der Waals surface area contributed by atoms with Gasteiger partial charge in [-0.1, -0.05) is 54.6 Å². The Hall–Kier alpha value is -2.97. The van der Waals surface area contributed by atoms with E-state index in [0.29, 0.717) is 19.5 Å². The van der Waals surface area contributed by atoms with Gasteiger partial charge < -0.3 is 24.4 Å². The number of carbonyl (C=O) groups is 3. The van der Waals surface area contributed by atoms with Crippen LogP contribution in [0.3, 0.4) is 0 Å². The molecular weight excluding hydrogens is 424 g/mol. The third-order valence-electron chi connectivity index (χ3n) is 7.10. The number of carbonyl (C=O) groups excluding carboxylic acids is 3. The van der Waals surface area contributed by atoms with Gasteiger partial charge in [0.25, 0.3) is 0 Å². The molecular formula is C25H28N2O6. The van der Waals surface area contributed by atoms with E-state index in [9.17, 15) is 19.5 Å². The first kappa shape index (κ1) is 21.9. The van der Waals surface area contributed by atoms with Crippen molar-refractivity contribution >= 4 is 17.8 Å². The Morgan fingerprint density at radius 1 is 1.15 bits per heavy atom. The molecule has 1 spiro atoms. The number of rotatable bonds is 4. The summed E-state index contributed by atoms with van der Waals surface area (Å²) in [6.07, 6.45) is 7.26. The Kier molecular flexibility index (Phi) is 5.58. The number of aliphatic hydroxyl groups excluding tert-OH is 1. The van der Waals surface area contributed by atoms with Crippen LogP contribution in [0.25, 0.3) is 0 Å². The minimum absolute atomic E-state index is 0.242. The molecule has 2 fully saturated rings. The van der Waals surface area contributed by atoms with Gasteiger partial charge in [0.05, 0.1) is 31.3 Å². The molecule has 1 unspecified atom stereocenters. The van der Waals surface area contributed by atoms with E-state index < -0.39 is 41.6 Å². The zero-order valence-corrected chi connectivity index (χ0v) is 18.5. The van der Waals surface area contributed by atoms with Crippen LogP contribution >= 0.6 is 0 Å². The van der Waals surface area contributed by atoms with Gasteiger partial charge >= 0.3 is 5.97 Å². The molecule has 1 N–H and O–H groups in total. The Bertz CT molecular complexity index is 1010. The minimum atomic E-state index is -1.30. The van der Waals surface area contributed by atoms with Gasteiger partial charge in [0.1, 0.15) is 17.6 Å². The summed E-state index contributed by atoms with van der Waals surface area (Å²) in [5, 5.41) is 9.91. The SMILES string of the molecule is C[C@H](CO)N1C(=O)[C@@H]2[C@@H]3C(=O)OCCC=C[C@@H]3O[C@@]23C=CCN(Cc2ccccc2)C(=O)C13. The van der Waals surface area contributed by atoms with Gasteiger partial charge in [0.2, 0.25) is 11.8 Å². The highest BCUT2D eigenvalue weighted by Crippen LogP contribution is 2.53. The van der Waals surface area contributed by atoms with Gasteiger partial charge in [-0.05, 0) is 18.9 Å². The van der Waals surface area contributed by atoms with Crippen molar-refractivity contribution < 1.29 is 29.0 Å². The van der Waals surface area contributed by atoms with Gasteiger partial charge in [0, 0.05) is 13.1 Å². The number of ether oxygens (including phenoxy) is 2. The molecule has 1 aromatic rings. The number of likely N-dealkylation sites (tertiary alicyclic amines) is 1. The summed E-state index contributed by atoms with van der Waals surface area (Å²) in [7, 11) is 0. The van der Waals surface area contributed by atoms with Gasteiger partial charge in [-0.3, -0.25) is 14.4 Å². The lowest BCUT2D eigenvalue weighted by molar-refractivity contribution is -0.156. The molecule has 1 aromatic carbocycles. The van der Waals surface area contributed by atoms with Crippen molar-refractivity contribution in [1.29, 1.82) is 0 Å². The van der Waals surface area contributed by atoms with Gasteiger partial charge in [0.15, 0.2) is 0 Å². The molecule has 8 heteroatoms. The molecule has 5 rings (SSSR count). The second kappa shape index (κ2) is 8.43. The van der Waals surface area contributed by atoms with E-state index >= 15 is 0 Å². The first-order chi connectivity index (χ1) is 16.0. The number of hydrogen-bond acceptors (Lipinski definition) is 6. The van der Waals surface area contributed by atoms with Crippen LogP contribution in [0.15, 0.2) is 54.6 Å². The minimum Gasteiger partial charge on any atom is -0.465 e. The predicted octanol–water partition coefficient (Wildman–Crippen LogP) is 1.05. The summed E-state index contributed by atoms with van der Waals surface area (Å²) >= 11 is 0. The highest BCUT2D eigenvalue weighted by Gasteiger charge is 2.72. The van der Waals surface area contributed by atoms with Crippen LogP contribution in [-0.4, -0.2) is 76.2 Å². The molecule has 8 nitrogen and oxygen atoms in total. The van der Waals surface area contributed by atoms with Crippen molar-refractivity contribution in [3.8, 4) is 0 Å². The van der Waals surface area contributed by atoms with Crippen LogP contribution in [-0.2, 0) is 30.4 Å². The van der Waals surface area contributed by atoms with Crippen molar-refractivity contribution in [2.24, 2.45) is 11.8 Å². The van der Waals surface area contributed by atoms with Crippen LogP contribution in [0.2, 0.25) is 0 Å². The number of nitrogens with zero attached hydrogens (tertiary/aromatic N) is 2. The Balaban J connectivity index is 1.58. The molecule has 4 aliphatic rings. The zero-order chi connectivity index (χ0) is 23.2. The van der Waals surface area contributed by atoms with Crippen LogP contribution < -0.4 is 0 Å². The van der Waals surface area contributed by atoms with E-state index in [4.69, 9.17) is 9.47 Å². The van der Waals surface area contributed by atoms with Gasteiger partial charge in [-0.2, -0.15) is 0 Å². The summed E-state index contributed by atoms with van der Waals surface area (Å²) < 4.78 is 11.9. The van der Waals surface area contributed by atoms with Crippen molar-refractivity contribution in [2.45, 2.75) is 43.7 Å². The van der Waals surface area contributed by atoms with Gasteiger partial charge in [-0.25, -0.2) is 0 Å². The monoisotopic (exact) mass is 452 g/mol. The number of hydrogen-bond donors (Lipinski definition) is 1. The number of benzene rings is 1. The predicted molar refractivity (Wildman–Crippen MR) is 117 cm³/mol. The average molecular weight is 453 g/mol. The number of esters is 1. The quantitative estimate of drug-likeness (QED) is 0.542. The molecule has 0 aliphatic carbocycles. The summed E-state index contributed by atoms with van der Waals surface area (Å²) in [5.41, 5.74) is -0.329. The van der Waals surface area contributed by atoms with Crippen molar-refractivity contribution in [3.05, 3.63) is 60.2 Å². The van der Waals surface area contributed by atoms with Crippen LogP contribution in [0.1, 0.15) is 18.9 Å². The fraction of sp³-hybridized carbons (Fsp3) is 0.480. The van der Waals surface area contributed by atoms with E-state index in [1.54, 1.807) is 17.9 Å². The largest absolute Gasteiger partial charge is 0.465 e. The summed E-state index contributed by atoms with van der Waals surface area (Å²) in [6, 6.07) is 8.05. The van der Waals surface area contributed by atoms with Crippen molar-refractivity contribution in [3.63, 3.8) is 0 Å². The van der Waals surface area contributed by atoms with E-state index in [1.165, 1.54) is 4.90 Å². The van der Waals surface area contributed by atoms with Crippen molar-refractivity contribution in [2.75, 3.05) is 19.8 Å². The lowest BCUT2D eigenvalue weighted by Crippen LogP contribution is -2.57. The number of fused-ring (bicyclic) bond motifs is 2. The molecule has 6 atom stereocenters. The summed E-state index contributed by atoms with van der Waals surface area (Å²) in [4.78, 5) is 43.8. The normalized spacial score (nSPS) is 34.2. The summed E-state index contributed by atoms with van der Waals surface area (Å²) in [6.45, 7) is 2.37. The molecule has 2 saturated heterocycles. The van der Waals surface area contributed by atoms with Crippen LogP contribution in [0.4, 0.5) is 0 Å². The molecule has 0 aromatic heterocycles. The van der Waals surface area contributed by atoms with E-state index in [1.807, 2.05) is 48.6 Å². The Labute approximate surface area is 192 Å². The maximum absolute atomic E-state index is 14.0. The first-order valence-electron chi connectivity index (χ1n) is 11.4. The standard InChI is InChI=1S/C25H28N2O6/c1-16(15-28)27-21-23(30)26(14-17-8-3-2-4-9-17)12-7-11-25(21)20(22(27)29)19-18(33-25)10-5-6-13-32-24(19)31/h2-5,7-11,16,18-21,28H,6,12-15H2,1H3/t16-,18+,19-,20+,21?,25+/m1/s1.